The van der Waals surface area contributed by atoms with Crippen LogP contribution < -0.4 is 5.32 Å². The normalized spacial score (nSPS) is 12.6. The van der Waals surface area contributed by atoms with E-state index in [4.69, 9.17) is 0 Å². The third-order valence-corrected chi connectivity index (χ3v) is 6.03. The van der Waals surface area contributed by atoms with Crippen molar-refractivity contribution in [2.24, 2.45) is 0 Å². The van der Waals surface area contributed by atoms with Gasteiger partial charge in [0.1, 0.15) is 5.82 Å². The molecule has 2 aromatic carbocycles. The predicted molar refractivity (Wildman–Crippen MR) is 108 cm³/mol. The lowest BCUT2D eigenvalue weighted by molar-refractivity contribution is 0.601. The summed E-state index contributed by atoms with van der Waals surface area (Å²) in [7, 11) is -3.28. The van der Waals surface area contributed by atoms with Crippen molar-refractivity contribution in [2.75, 3.05) is 11.6 Å². The summed E-state index contributed by atoms with van der Waals surface area (Å²) >= 11 is 3.46. The molecule has 3 rings (SSSR count). The lowest BCUT2D eigenvalue weighted by Gasteiger charge is -2.21. The zero-order valence-corrected chi connectivity index (χ0v) is 16.9. The molecule has 6 heteroatoms. The Balaban J connectivity index is 2.06. The van der Waals surface area contributed by atoms with Crippen LogP contribution in [0.2, 0.25) is 0 Å². The molecule has 26 heavy (non-hydrogen) atoms. The number of aromatic nitrogens is 1. The highest BCUT2D eigenvalue weighted by atomic mass is 79.9. The summed E-state index contributed by atoms with van der Waals surface area (Å²) in [4.78, 5) is 4.73. The summed E-state index contributed by atoms with van der Waals surface area (Å²) in [5.74, 6) is 0.726. The molecule has 0 aliphatic heterocycles. The van der Waals surface area contributed by atoms with Gasteiger partial charge in [0.25, 0.3) is 0 Å². The number of halogens is 1. The van der Waals surface area contributed by atoms with Crippen LogP contribution in [0.15, 0.2) is 76.2 Å². The Morgan fingerprint density at radius 2 is 1.69 bits per heavy atom. The van der Waals surface area contributed by atoms with Crippen molar-refractivity contribution in [3.63, 3.8) is 0 Å². The Morgan fingerprint density at radius 3 is 2.35 bits per heavy atom. The van der Waals surface area contributed by atoms with Gasteiger partial charge in [0.05, 0.1) is 10.9 Å². The second kappa shape index (κ2) is 7.60. The zero-order valence-electron chi connectivity index (χ0n) is 14.5. The molecule has 4 nitrogen and oxygen atoms in total. The maximum atomic E-state index is 11.9. The van der Waals surface area contributed by atoms with Crippen molar-refractivity contribution in [1.29, 1.82) is 0 Å². The van der Waals surface area contributed by atoms with Crippen LogP contribution in [0.3, 0.4) is 0 Å². The first-order chi connectivity index (χ1) is 12.3. The SMILES string of the molecule is Cc1cc(NC(c2ccccc2)c2cccc(S(C)(=O)=O)c2)ncc1Br. The number of sulfone groups is 1. The second-order valence-corrected chi connectivity index (χ2v) is 9.02. The number of aryl methyl sites for hydroxylation is 1. The van der Waals surface area contributed by atoms with E-state index in [1.54, 1.807) is 24.4 Å². The predicted octanol–water partition coefficient (Wildman–Crippen LogP) is 4.76. The van der Waals surface area contributed by atoms with Gasteiger partial charge >= 0.3 is 0 Å². The Kier molecular flexibility index (Phi) is 5.44. The van der Waals surface area contributed by atoms with Crippen LogP contribution in [0.1, 0.15) is 22.7 Å². The number of hydrogen-bond acceptors (Lipinski definition) is 4. The fourth-order valence-corrected chi connectivity index (χ4v) is 3.59. The van der Waals surface area contributed by atoms with Crippen LogP contribution in [0.5, 0.6) is 0 Å². The van der Waals surface area contributed by atoms with E-state index in [2.05, 4.69) is 26.2 Å². The third kappa shape index (κ3) is 4.31. The minimum absolute atomic E-state index is 0.217. The van der Waals surface area contributed by atoms with Crippen LogP contribution in [-0.4, -0.2) is 19.7 Å². The van der Waals surface area contributed by atoms with Crippen LogP contribution in [0, 0.1) is 6.92 Å². The standard InChI is InChI=1S/C20H19BrN2O2S/c1-14-11-19(22-13-18(14)21)23-20(15-7-4-3-5-8-15)16-9-6-10-17(12-16)26(2,24)25/h3-13,20H,1-2H3,(H,22,23). The Bertz CT molecular complexity index is 1020. The highest BCUT2D eigenvalue weighted by molar-refractivity contribution is 9.10. The average molecular weight is 431 g/mol. The topological polar surface area (TPSA) is 59.1 Å². The molecule has 0 aliphatic rings. The highest BCUT2D eigenvalue weighted by Gasteiger charge is 2.17. The molecule has 0 bridgehead atoms. The molecule has 0 spiro atoms. The maximum Gasteiger partial charge on any atom is 0.175 e. The van der Waals surface area contributed by atoms with Gasteiger partial charge in [-0.05, 0) is 57.7 Å². The van der Waals surface area contributed by atoms with E-state index in [0.29, 0.717) is 4.90 Å². The largest absolute Gasteiger partial charge is 0.359 e. The van der Waals surface area contributed by atoms with Gasteiger partial charge in [-0.25, -0.2) is 13.4 Å². The molecular formula is C20H19BrN2O2S. The van der Waals surface area contributed by atoms with Gasteiger partial charge < -0.3 is 5.32 Å². The van der Waals surface area contributed by atoms with Gasteiger partial charge in [0, 0.05) is 16.9 Å². The van der Waals surface area contributed by atoms with Crippen molar-refractivity contribution in [2.45, 2.75) is 17.9 Å². The van der Waals surface area contributed by atoms with E-state index in [1.165, 1.54) is 6.26 Å². The minimum atomic E-state index is -3.28. The minimum Gasteiger partial charge on any atom is -0.359 e. The van der Waals surface area contributed by atoms with E-state index in [0.717, 1.165) is 27.0 Å². The molecule has 0 radical (unpaired) electrons. The number of pyridine rings is 1. The quantitative estimate of drug-likeness (QED) is 0.633. The van der Waals surface area contributed by atoms with Crippen LogP contribution >= 0.6 is 15.9 Å². The number of nitrogens with one attached hydrogen (secondary N) is 1. The van der Waals surface area contributed by atoms with Gasteiger partial charge in [-0.1, -0.05) is 42.5 Å². The first kappa shape index (κ1) is 18.6. The van der Waals surface area contributed by atoms with E-state index in [1.807, 2.05) is 49.4 Å². The number of rotatable bonds is 5. The molecule has 0 fully saturated rings. The molecule has 1 aromatic heterocycles. The summed E-state index contributed by atoms with van der Waals surface area (Å²) in [5.41, 5.74) is 2.96. The zero-order chi connectivity index (χ0) is 18.7. The maximum absolute atomic E-state index is 11.9. The van der Waals surface area contributed by atoms with Gasteiger partial charge in [-0.15, -0.1) is 0 Å². The number of anilines is 1. The molecule has 1 N–H and O–H groups in total. The van der Waals surface area contributed by atoms with Gasteiger partial charge in [0.2, 0.25) is 0 Å². The molecule has 3 aromatic rings. The van der Waals surface area contributed by atoms with Crippen molar-refractivity contribution in [1.82, 2.24) is 4.98 Å². The Morgan fingerprint density at radius 1 is 1.00 bits per heavy atom. The molecule has 0 saturated heterocycles. The molecule has 0 amide bonds. The molecule has 134 valence electrons. The van der Waals surface area contributed by atoms with E-state index >= 15 is 0 Å². The monoisotopic (exact) mass is 430 g/mol. The van der Waals surface area contributed by atoms with E-state index in [-0.39, 0.29) is 6.04 Å². The van der Waals surface area contributed by atoms with Gasteiger partial charge in [0.15, 0.2) is 9.84 Å². The average Bonchev–Trinajstić information content (AvgIpc) is 2.63. The van der Waals surface area contributed by atoms with E-state index < -0.39 is 9.84 Å². The second-order valence-electron chi connectivity index (χ2n) is 6.15. The summed E-state index contributed by atoms with van der Waals surface area (Å²) in [6.07, 6.45) is 2.98. The van der Waals surface area contributed by atoms with Gasteiger partial charge in [-0.2, -0.15) is 0 Å². The van der Waals surface area contributed by atoms with Crippen LogP contribution in [0.4, 0.5) is 5.82 Å². The smallest absolute Gasteiger partial charge is 0.175 e. The first-order valence-electron chi connectivity index (χ1n) is 8.08. The molecular weight excluding hydrogens is 412 g/mol. The number of nitrogens with zero attached hydrogens (tertiary/aromatic N) is 1. The van der Waals surface area contributed by atoms with Crippen LogP contribution in [0.25, 0.3) is 0 Å². The molecule has 1 atom stereocenters. The van der Waals surface area contributed by atoms with Gasteiger partial charge in [-0.3, -0.25) is 0 Å². The van der Waals surface area contributed by atoms with E-state index in [9.17, 15) is 8.42 Å². The lowest BCUT2D eigenvalue weighted by Crippen LogP contribution is -2.14. The fraction of sp³-hybridized carbons (Fsp3) is 0.150. The Hall–Kier alpha value is -2.18. The molecule has 0 saturated carbocycles. The molecule has 1 heterocycles. The summed E-state index contributed by atoms with van der Waals surface area (Å²) < 4.78 is 24.8. The lowest BCUT2D eigenvalue weighted by atomic mass is 9.98. The van der Waals surface area contributed by atoms with Crippen molar-refractivity contribution >= 4 is 31.6 Å². The highest BCUT2D eigenvalue weighted by Crippen LogP contribution is 2.28. The third-order valence-electron chi connectivity index (χ3n) is 4.09. The summed E-state index contributed by atoms with van der Waals surface area (Å²) in [5, 5.41) is 3.43. The number of benzene rings is 2. The fourth-order valence-electron chi connectivity index (χ4n) is 2.70. The summed E-state index contributed by atoms with van der Waals surface area (Å²) in [6.45, 7) is 2.00. The molecule has 1 unspecified atom stereocenters. The molecule has 0 aliphatic carbocycles. The Labute approximate surface area is 162 Å². The number of hydrogen-bond donors (Lipinski definition) is 1. The summed E-state index contributed by atoms with van der Waals surface area (Å²) in [6, 6.07) is 18.7. The van der Waals surface area contributed by atoms with Crippen molar-refractivity contribution < 1.29 is 8.42 Å². The van der Waals surface area contributed by atoms with Crippen molar-refractivity contribution in [3.05, 3.63) is 88.0 Å². The van der Waals surface area contributed by atoms with Crippen molar-refractivity contribution in [3.8, 4) is 0 Å². The van der Waals surface area contributed by atoms with Crippen LogP contribution in [-0.2, 0) is 9.84 Å². The first-order valence-corrected chi connectivity index (χ1v) is 10.8.